The van der Waals surface area contributed by atoms with Crippen molar-refractivity contribution in [2.24, 2.45) is 0 Å². The highest BCUT2D eigenvalue weighted by Gasteiger charge is 2.30. The molecule has 0 radical (unpaired) electrons. The van der Waals surface area contributed by atoms with Crippen molar-refractivity contribution < 1.29 is 18.0 Å². The molecule has 0 aliphatic heterocycles. The molecule has 0 saturated heterocycles. The Kier molecular flexibility index (Phi) is 6.69. The van der Waals surface area contributed by atoms with Crippen LogP contribution < -0.4 is 5.32 Å². The number of rotatable bonds is 7. The van der Waals surface area contributed by atoms with Crippen LogP contribution in [0.25, 0.3) is 10.8 Å². The number of benzene rings is 3. The maximum atomic E-state index is 12.9. The number of amides is 1. The fourth-order valence-corrected chi connectivity index (χ4v) is 4.41. The van der Waals surface area contributed by atoms with Crippen molar-refractivity contribution in [3.63, 3.8) is 0 Å². The molecule has 1 aromatic heterocycles. The smallest absolute Gasteiger partial charge is 0.325 e. The molecule has 0 spiro atoms. The number of fused-ring (bicyclic) bond motifs is 1. The summed E-state index contributed by atoms with van der Waals surface area (Å²) in [5.74, 6) is 0.373. The van der Waals surface area contributed by atoms with Crippen molar-refractivity contribution >= 4 is 34.1 Å². The van der Waals surface area contributed by atoms with Gasteiger partial charge in [0.25, 0.3) is 0 Å². The molecule has 0 bridgehead atoms. The number of alkyl halides is 3. The molecule has 0 unspecified atom stereocenters. The Hall–Kier alpha value is -3.33. The minimum Gasteiger partial charge on any atom is -0.325 e. The van der Waals surface area contributed by atoms with Crippen molar-refractivity contribution in [2.45, 2.75) is 31.2 Å². The van der Waals surface area contributed by atoms with E-state index in [1.807, 2.05) is 29.7 Å². The van der Waals surface area contributed by atoms with Crippen LogP contribution in [0.4, 0.5) is 18.9 Å². The first-order valence-corrected chi connectivity index (χ1v) is 11.3. The lowest BCUT2D eigenvalue weighted by Crippen LogP contribution is -2.15. The van der Waals surface area contributed by atoms with Crippen LogP contribution in [0.3, 0.4) is 0 Å². The molecule has 4 aromatic rings. The van der Waals surface area contributed by atoms with Crippen LogP contribution in [0.1, 0.15) is 23.9 Å². The average molecular weight is 471 g/mol. The Labute approximate surface area is 193 Å². The number of aromatic nitrogens is 3. The number of nitrogens with zero attached hydrogens (tertiary/aromatic N) is 3. The van der Waals surface area contributed by atoms with Crippen LogP contribution >= 0.6 is 11.8 Å². The first-order valence-electron chi connectivity index (χ1n) is 10.3. The van der Waals surface area contributed by atoms with Gasteiger partial charge in [0.1, 0.15) is 5.82 Å². The van der Waals surface area contributed by atoms with E-state index >= 15 is 0 Å². The Bertz CT molecular complexity index is 1280. The first kappa shape index (κ1) is 22.8. The molecule has 33 heavy (non-hydrogen) atoms. The summed E-state index contributed by atoms with van der Waals surface area (Å²) < 4.78 is 40.6. The standard InChI is InChI=1S/C24H21F3N4OS/c1-2-31-21(13-17-9-5-8-16-7-3-4-12-20(16)17)29-30-23(31)33-15-22(32)28-19-11-6-10-18(14-19)24(25,26)27/h3-12,14H,2,13,15H2,1H3,(H,28,32). The Balaban J connectivity index is 1.44. The summed E-state index contributed by atoms with van der Waals surface area (Å²) in [4.78, 5) is 12.3. The molecule has 5 nitrogen and oxygen atoms in total. The van der Waals surface area contributed by atoms with E-state index in [4.69, 9.17) is 0 Å². The summed E-state index contributed by atoms with van der Waals surface area (Å²) in [6.45, 7) is 2.60. The summed E-state index contributed by atoms with van der Waals surface area (Å²) in [5, 5.41) is 14.0. The van der Waals surface area contributed by atoms with Gasteiger partial charge in [-0.1, -0.05) is 60.3 Å². The highest BCUT2D eigenvalue weighted by atomic mass is 32.2. The molecule has 0 aliphatic rings. The SMILES string of the molecule is CCn1c(Cc2cccc3ccccc23)nnc1SCC(=O)Nc1cccc(C(F)(F)F)c1. The van der Waals surface area contributed by atoms with Gasteiger partial charge in [-0.3, -0.25) is 4.79 Å². The Morgan fingerprint density at radius 3 is 2.58 bits per heavy atom. The average Bonchev–Trinajstić information content (AvgIpc) is 3.19. The highest BCUT2D eigenvalue weighted by Crippen LogP contribution is 2.31. The van der Waals surface area contributed by atoms with Crippen molar-refractivity contribution in [1.82, 2.24) is 14.8 Å². The molecular weight excluding hydrogens is 449 g/mol. The lowest BCUT2D eigenvalue weighted by molar-refractivity contribution is -0.137. The summed E-state index contributed by atoms with van der Waals surface area (Å²) in [5.41, 5.74) is 0.426. The van der Waals surface area contributed by atoms with Crippen LogP contribution in [0, 0.1) is 0 Å². The van der Waals surface area contributed by atoms with Gasteiger partial charge in [0, 0.05) is 18.7 Å². The van der Waals surface area contributed by atoms with Crippen LogP contribution in [0.2, 0.25) is 0 Å². The minimum atomic E-state index is -4.46. The summed E-state index contributed by atoms with van der Waals surface area (Å²) in [6.07, 6.45) is -3.87. The second-order valence-corrected chi connectivity index (χ2v) is 8.32. The summed E-state index contributed by atoms with van der Waals surface area (Å²) in [7, 11) is 0. The Morgan fingerprint density at radius 2 is 1.79 bits per heavy atom. The van der Waals surface area contributed by atoms with Crippen LogP contribution in [-0.4, -0.2) is 26.4 Å². The monoisotopic (exact) mass is 470 g/mol. The van der Waals surface area contributed by atoms with Crippen molar-refractivity contribution in [3.8, 4) is 0 Å². The largest absolute Gasteiger partial charge is 0.416 e. The molecule has 1 amide bonds. The molecule has 0 fully saturated rings. The van der Waals surface area contributed by atoms with Gasteiger partial charge in [-0.2, -0.15) is 13.2 Å². The maximum absolute atomic E-state index is 12.9. The number of carbonyl (C=O) groups excluding carboxylic acids is 1. The third-order valence-electron chi connectivity index (χ3n) is 5.14. The van der Waals surface area contributed by atoms with Crippen LogP contribution in [0.5, 0.6) is 0 Å². The van der Waals surface area contributed by atoms with Gasteiger partial charge in [0.2, 0.25) is 5.91 Å². The van der Waals surface area contributed by atoms with Gasteiger partial charge in [-0.25, -0.2) is 0 Å². The van der Waals surface area contributed by atoms with Gasteiger partial charge in [0.05, 0.1) is 11.3 Å². The highest BCUT2D eigenvalue weighted by molar-refractivity contribution is 7.99. The van der Waals surface area contributed by atoms with Crippen molar-refractivity contribution in [2.75, 3.05) is 11.1 Å². The third-order valence-corrected chi connectivity index (χ3v) is 6.11. The molecule has 9 heteroatoms. The van der Waals surface area contributed by atoms with Gasteiger partial charge in [0.15, 0.2) is 5.16 Å². The molecular formula is C24H21F3N4OS. The normalized spacial score (nSPS) is 11.6. The Morgan fingerprint density at radius 1 is 1.03 bits per heavy atom. The summed E-state index contributed by atoms with van der Waals surface area (Å²) in [6, 6.07) is 18.8. The van der Waals surface area contributed by atoms with E-state index < -0.39 is 17.6 Å². The molecule has 0 aliphatic carbocycles. The van der Waals surface area contributed by atoms with Crippen LogP contribution in [0.15, 0.2) is 71.9 Å². The van der Waals surface area contributed by atoms with Gasteiger partial charge in [-0.15, -0.1) is 10.2 Å². The molecule has 0 atom stereocenters. The quantitative estimate of drug-likeness (QED) is 0.347. The zero-order chi connectivity index (χ0) is 23.4. The van der Waals surface area contributed by atoms with Gasteiger partial charge < -0.3 is 9.88 Å². The zero-order valence-corrected chi connectivity index (χ0v) is 18.6. The van der Waals surface area contributed by atoms with E-state index in [1.54, 1.807) is 0 Å². The summed E-state index contributed by atoms with van der Waals surface area (Å²) >= 11 is 1.20. The van der Waals surface area contributed by atoms with Crippen molar-refractivity contribution in [1.29, 1.82) is 0 Å². The number of carbonyl (C=O) groups is 1. The number of halogens is 3. The van der Waals surface area contributed by atoms with Crippen LogP contribution in [-0.2, 0) is 23.9 Å². The number of nitrogens with one attached hydrogen (secondary N) is 1. The molecule has 0 saturated carbocycles. The molecule has 3 aromatic carbocycles. The van der Waals surface area contributed by atoms with E-state index in [0.29, 0.717) is 18.1 Å². The minimum absolute atomic E-state index is 0.00263. The van der Waals surface area contributed by atoms with Crippen molar-refractivity contribution in [3.05, 3.63) is 83.7 Å². The van der Waals surface area contributed by atoms with E-state index in [1.165, 1.54) is 23.9 Å². The number of hydrogen-bond donors (Lipinski definition) is 1. The third kappa shape index (κ3) is 5.36. The molecule has 1 N–H and O–H groups in total. The predicted octanol–water partition coefficient (Wildman–Crippen LogP) is 5.79. The lowest BCUT2D eigenvalue weighted by atomic mass is 10.0. The first-order chi connectivity index (χ1) is 15.8. The van der Waals surface area contributed by atoms with E-state index in [-0.39, 0.29) is 11.4 Å². The number of thioether (sulfide) groups is 1. The van der Waals surface area contributed by atoms with Gasteiger partial charge in [-0.05, 0) is 41.5 Å². The fourth-order valence-electron chi connectivity index (χ4n) is 3.59. The zero-order valence-electron chi connectivity index (χ0n) is 17.8. The van der Waals surface area contributed by atoms with E-state index in [2.05, 4.69) is 39.8 Å². The van der Waals surface area contributed by atoms with Gasteiger partial charge >= 0.3 is 6.18 Å². The maximum Gasteiger partial charge on any atom is 0.416 e. The fraction of sp³-hybridized carbons (Fsp3) is 0.208. The second-order valence-electron chi connectivity index (χ2n) is 7.37. The second kappa shape index (κ2) is 9.66. The molecule has 1 heterocycles. The molecule has 170 valence electrons. The topological polar surface area (TPSA) is 59.8 Å². The van der Waals surface area contributed by atoms with E-state index in [9.17, 15) is 18.0 Å². The predicted molar refractivity (Wildman–Crippen MR) is 123 cm³/mol. The number of anilines is 1. The number of hydrogen-bond acceptors (Lipinski definition) is 4. The van der Waals surface area contributed by atoms with E-state index in [0.717, 1.165) is 34.3 Å². The molecule has 4 rings (SSSR count). The lowest BCUT2D eigenvalue weighted by Gasteiger charge is -2.10.